The van der Waals surface area contributed by atoms with Crippen molar-refractivity contribution >= 4 is 6.03 Å². The fourth-order valence-corrected chi connectivity index (χ4v) is 1.37. The molecule has 0 saturated heterocycles. The van der Waals surface area contributed by atoms with Crippen LogP contribution in [-0.2, 0) is 0 Å². The van der Waals surface area contributed by atoms with Crippen LogP contribution in [0, 0.1) is 11.6 Å². The molecule has 0 fully saturated rings. The van der Waals surface area contributed by atoms with E-state index in [-0.39, 0.29) is 12.6 Å². The van der Waals surface area contributed by atoms with Crippen LogP contribution in [0.25, 0.3) is 0 Å². The largest absolute Gasteiger partial charge is 0.394 e. The zero-order chi connectivity index (χ0) is 13.7. The van der Waals surface area contributed by atoms with Crippen molar-refractivity contribution in [3.8, 4) is 0 Å². The molecular weight excluding hydrogens is 242 g/mol. The minimum atomic E-state index is -0.953. The van der Waals surface area contributed by atoms with Crippen LogP contribution in [0.3, 0.4) is 0 Å². The molecule has 3 N–H and O–H groups in total. The molecule has 0 bridgehead atoms. The Bertz CT molecular complexity index is 427. The number of benzene rings is 1. The van der Waals surface area contributed by atoms with Crippen molar-refractivity contribution < 1.29 is 18.7 Å². The van der Waals surface area contributed by atoms with Gasteiger partial charge in [0.15, 0.2) is 11.6 Å². The van der Waals surface area contributed by atoms with Gasteiger partial charge in [0.05, 0.1) is 18.7 Å². The maximum Gasteiger partial charge on any atom is 0.315 e. The lowest BCUT2D eigenvalue weighted by Gasteiger charge is -2.17. The molecule has 2 amide bonds. The van der Waals surface area contributed by atoms with Crippen molar-refractivity contribution in [1.82, 2.24) is 10.6 Å². The lowest BCUT2D eigenvalue weighted by Crippen LogP contribution is -2.43. The van der Waals surface area contributed by atoms with E-state index < -0.39 is 23.7 Å². The standard InChI is InChI=1S/C12H16F2N2O2/c1-7(6-17)15-12(18)16-8(2)9-3-4-10(13)11(14)5-9/h3-5,7-8,17H,6H2,1-2H3,(H2,15,16,18). The Morgan fingerprint density at radius 3 is 2.50 bits per heavy atom. The molecule has 2 atom stereocenters. The molecule has 6 heteroatoms. The SMILES string of the molecule is CC(CO)NC(=O)NC(C)c1ccc(F)c(F)c1. The highest BCUT2D eigenvalue weighted by molar-refractivity contribution is 5.74. The van der Waals surface area contributed by atoms with Crippen LogP contribution in [-0.4, -0.2) is 23.8 Å². The second-order valence-electron chi connectivity index (χ2n) is 4.10. The van der Waals surface area contributed by atoms with Crippen LogP contribution >= 0.6 is 0 Å². The fourth-order valence-electron chi connectivity index (χ4n) is 1.37. The third-order valence-corrected chi connectivity index (χ3v) is 2.44. The predicted molar refractivity (Wildman–Crippen MR) is 63.0 cm³/mol. The number of aliphatic hydroxyl groups excluding tert-OH is 1. The Morgan fingerprint density at radius 1 is 1.28 bits per heavy atom. The van der Waals surface area contributed by atoms with Crippen molar-refractivity contribution in [1.29, 1.82) is 0 Å². The first-order chi connectivity index (χ1) is 8.43. The third kappa shape index (κ3) is 3.96. The van der Waals surface area contributed by atoms with Gasteiger partial charge in [-0.05, 0) is 31.5 Å². The van der Waals surface area contributed by atoms with E-state index in [1.165, 1.54) is 6.07 Å². The number of halogens is 2. The van der Waals surface area contributed by atoms with Gasteiger partial charge in [-0.15, -0.1) is 0 Å². The molecule has 0 aliphatic rings. The Kier molecular flexibility index (Phi) is 5.03. The number of hydrogen-bond donors (Lipinski definition) is 3. The molecule has 1 aromatic carbocycles. The monoisotopic (exact) mass is 258 g/mol. The molecule has 4 nitrogen and oxygen atoms in total. The van der Waals surface area contributed by atoms with E-state index in [0.717, 1.165) is 12.1 Å². The first-order valence-electron chi connectivity index (χ1n) is 5.57. The van der Waals surface area contributed by atoms with Gasteiger partial charge in [-0.1, -0.05) is 6.07 Å². The van der Waals surface area contributed by atoms with E-state index in [9.17, 15) is 13.6 Å². The second-order valence-corrected chi connectivity index (χ2v) is 4.10. The smallest absolute Gasteiger partial charge is 0.315 e. The second kappa shape index (κ2) is 6.30. The van der Waals surface area contributed by atoms with Gasteiger partial charge in [-0.25, -0.2) is 13.6 Å². The quantitative estimate of drug-likeness (QED) is 0.770. The average molecular weight is 258 g/mol. The molecule has 0 aliphatic carbocycles. The van der Waals surface area contributed by atoms with Gasteiger partial charge in [0, 0.05) is 0 Å². The van der Waals surface area contributed by atoms with Gasteiger partial charge >= 0.3 is 6.03 Å². The zero-order valence-corrected chi connectivity index (χ0v) is 10.2. The molecule has 0 heterocycles. The summed E-state index contributed by atoms with van der Waals surface area (Å²) in [7, 11) is 0. The number of amides is 2. The van der Waals surface area contributed by atoms with Crippen LogP contribution in [0.2, 0.25) is 0 Å². The number of hydrogen-bond acceptors (Lipinski definition) is 2. The molecule has 0 aromatic heterocycles. The number of aliphatic hydroxyl groups is 1. The molecule has 100 valence electrons. The Balaban J connectivity index is 2.62. The van der Waals surface area contributed by atoms with E-state index in [1.807, 2.05) is 0 Å². The Labute approximate surface area is 104 Å². The van der Waals surface area contributed by atoms with Crippen molar-refractivity contribution in [3.63, 3.8) is 0 Å². The molecule has 1 rings (SSSR count). The summed E-state index contributed by atoms with van der Waals surface area (Å²) in [6, 6.07) is 2.13. The minimum absolute atomic E-state index is 0.174. The summed E-state index contributed by atoms with van der Waals surface area (Å²) in [5.41, 5.74) is 0.459. The minimum Gasteiger partial charge on any atom is -0.394 e. The first-order valence-corrected chi connectivity index (χ1v) is 5.57. The van der Waals surface area contributed by atoms with Crippen LogP contribution in [0.15, 0.2) is 18.2 Å². The lowest BCUT2D eigenvalue weighted by atomic mass is 10.1. The molecule has 0 radical (unpaired) electrons. The highest BCUT2D eigenvalue weighted by atomic mass is 19.2. The normalized spacial score (nSPS) is 13.8. The number of nitrogens with one attached hydrogen (secondary N) is 2. The lowest BCUT2D eigenvalue weighted by molar-refractivity contribution is 0.218. The van der Waals surface area contributed by atoms with Crippen LogP contribution in [0.5, 0.6) is 0 Å². The first kappa shape index (κ1) is 14.4. The highest BCUT2D eigenvalue weighted by Gasteiger charge is 2.13. The summed E-state index contributed by atoms with van der Waals surface area (Å²) in [5, 5.41) is 13.8. The van der Waals surface area contributed by atoms with Gasteiger partial charge in [-0.2, -0.15) is 0 Å². The maximum absolute atomic E-state index is 13.0. The Morgan fingerprint density at radius 2 is 1.94 bits per heavy atom. The maximum atomic E-state index is 13.0. The van der Waals surface area contributed by atoms with Gasteiger partial charge in [-0.3, -0.25) is 0 Å². The molecular formula is C12H16F2N2O2. The van der Waals surface area contributed by atoms with E-state index in [2.05, 4.69) is 10.6 Å². The number of carbonyl (C=O) groups is 1. The highest BCUT2D eigenvalue weighted by Crippen LogP contribution is 2.15. The predicted octanol–water partition coefficient (Wildman–Crippen LogP) is 1.71. The summed E-state index contributed by atoms with van der Waals surface area (Å²) in [4.78, 5) is 11.4. The van der Waals surface area contributed by atoms with Gasteiger partial charge in [0.2, 0.25) is 0 Å². The van der Waals surface area contributed by atoms with E-state index >= 15 is 0 Å². The number of rotatable bonds is 4. The van der Waals surface area contributed by atoms with E-state index in [4.69, 9.17) is 5.11 Å². The topological polar surface area (TPSA) is 61.4 Å². The summed E-state index contributed by atoms with van der Waals surface area (Å²) >= 11 is 0. The molecule has 0 aliphatic heterocycles. The van der Waals surface area contributed by atoms with Gasteiger partial charge in [0.1, 0.15) is 0 Å². The van der Waals surface area contributed by atoms with Gasteiger partial charge < -0.3 is 15.7 Å². The summed E-state index contributed by atoms with van der Waals surface area (Å²) in [6.07, 6.45) is 0. The zero-order valence-electron chi connectivity index (χ0n) is 10.2. The molecule has 1 aromatic rings. The van der Waals surface area contributed by atoms with E-state index in [0.29, 0.717) is 5.56 Å². The number of carbonyl (C=O) groups excluding carboxylic acids is 1. The van der Waals surface area contributed by atoms with Crippen molar-refractivity contribution in [2.24, 2.45) is 0 Å². The molecule has 0 saturated carbocycles. The van der Waals surface area contributed by atoms with E-state index in [1.54, 1.807) is 13.8 Å². The summed E-state index contributed by atoms with van der Waals surface area (Å²) in [6.45, 7) is 3.12. The summed E-state index contributed by atoms with van der Waals surface area (Å²) < 4.78 is 25.7. The number of urea groups is 1. The third-order valence-electron chi connectivity index (χ3n) is 2.44. The van der Waals surface area contributed by atoms with Crippen molar-refractivity contribution in [2.45, 2.75) is 25.9 Å². The van der Waals surface area contributed by atoms with Gasteiger partial charge in [0.25, 0.3) is 0 Å². The van der Waals surface area contributed by atoms with Crippen LogP contribution in [0.1, 0.15) is 25.5 Å². The molecule has 2 unspecified atom stereocenters. The van der Waals surface area contributed by atoms with Crippen LogP contribution < -0.4 is 10.6 Å². The van der Waals surface area contributed by atoms with Crippen molar-refractivity contribution in [3.05, 3.63) is 35.4 Å². The summed E-state index contributed by atoms with van der Waals surface area (Å²) in [5.74, 6) is -1.88. The van der Waals surface area contributed by atoms with Crippen molar-refractivity contribution in [2.75, 3.05) is 6.61 Å². The average Bonchev–Trinajstić information content (AvgIpc) is 2.32. The molecule has 0 spiro atoms. The molecule has 18 heavy (non-hydrogen) atoms. The fraction of sp³-hybridized carbons (Fsp3) is 0.417. The Hall–Kier alpha value is -1.69. The van der Waals surface area contributed by atoms with Crippen LogP contribution in [0.4, 0.5) is 13.6 Å².